The summed E-state index contributed by atoms with van der Waals surface area (Å²) in [5, 5.41) is 3.02. The molecule has 0 radical (unpaired) electrons. The summed E-state index contributed by atoms with van der Waals surface area (Å²) in [5.41, 5.74) is 2.16. The minimum absolute atomic E-state index is 0.0261. The molecule has 2 heterocycles. The average Bonchev–Trinajstić information content (AvgIpc) is 2.74. The van der Waals surface area contributed by atoms with E-state index in [0.717, 1.165) is 43.8 Å². The van der Waals surface area contributed by atoms with E-state index in [2.05, 4.69) is 40.5 Å². The molecule has 0 aliphatic carbocycles. The fourth-order valence-corrected chi connectivity index (χ4v) is 4.03. The number of piperidine rings is 1. The Hall–Kier alpha value is -2.53. The van der Waals surface area contributed by atoms with Crippen LogP contribution in [0.5, 0.6) is 11.5 Å². The Bertz CT molecular complexity index is 801. The molecule has 2 aliphatic heterocycles. The van der Waals surface area contributed by atoms with E-state index in [-0.39, 0.29) is 11.9 Å². The maximum atomic E-state index is 12.7. The number of likely N-dealkylation sites (tertiary alicyclic amines) is 1. The molecule has 0 spiro atoms. The highest BCUT2D eigenvalue weighted by molar-refractivity contribution is 5.94. The number of amides is 1. The summed E-state index contributed by atoms with van der Waals surface area (Å²) in [4.78, 5) is 15.0. The number of ether oxygens (including phenoxy) is 2. The van der Waals surface area contributed by atoms with Gasteiger partial charge in [-0.1, -0.05) is 30.3 Å². The van der Waals surface area contributed by atoms with Gasteiger partial charge in [0.05, 0.1) is 6.04 Å². The molecule has 0 saturated carbocycles. The van der Waals surface area contributed by atoms with Gasteiger partial charge in [0, 0.05) is 11.8 Å². The van der Waals surface area contributed by atoms with Crippen LogP contribution in [-0.4, -0.2) is 43.2 Å². The maximum absolute atomic E-state index is 12.7. The Morgan fingerprint density at radius 1 is 1.07 bits per heavy atom. The molecular formula is C23H28N2O3. The Labute approximate surface area is 166 Å². The molecule has 0 unspecified atom stereocenters. The second kappa shape index (κ2) is 8.65. The summed E-state index contributed by atoms with van der Waals surface area (Å²) < 4.78 is 11.1. The highest BCUT2D eigenvalue weighted by atomic mass is 16.6. The number of rotatable bonds is 5. The van der Waals surface area contributed by atoms with Gasteiger partial charge >= 0.3 is 0 Å². The van der Waals surface area contributed by atoms with E-state index >= 15 is 0 Å². The number of nitrogens with one attached hydrogen (secondary N) is 1. The van der Waals surface area contributed by atoms with Crippen LogP contribution in [-0.2, 0) is 11.2 Å². The summed E-state index contributed by atoms with van der Waals surface area (Å²) in [5.74, 6) is 2.15. The van der Waals surface area contributed by atoms with E-state index in [1.165, 1.54) is 5.56 Å². The van der Waals surface area contributed by atoms with Gasteiger partial charge in [-0.15, -0.1) is 0 Å². The van der Waals surface area contributed by atoms with E-state index in [9.17, 15) is 4.79 Å². The first kappa shape index (κ1) is 18.8. The molecule has 0 bridgehead atoms. The third-order valence-electron chi connectivity index (χ3n) is 5.75. The summed E-state index contributed by atoms with van der Waals surface area (Å²) in [7, 11) is 0. The predicted octanol–water partition coefficient (Wildman–Crippen LogP) is 3.74. The van der Waals surface area contributed by atoms with Gasteiger partial charge in [0.2, 0.25) is 5.91 Å². The lowest BCUT2D eigenvalue weighted by Crippen LogP contribution is -2.46. The number of anilines is 1. The molecule has 28 heavy (non-hydrogen) atoms. The number of benzene rings is 2. The lowest BCUT2D eigenvalue weighted by atomic mass is 9.89. The average molecular weight is 380 g/mol. The molecule has 2 aromatic rings. The minimum Gasteiger partial charge on any atom is -0.486 e. The van der Waals surface area contributed by atoms with Crippen LogP contribution in [0.2, 0.25) is 0 Å². The monoisotopic (exact) mass is 380 g/mol. The van der Waals surface area contributed by atoms with Gasteiger partial charge in [0.1, 0.15) is 13.2 Å². The molecule has 1 fully saturated rings. The van der Waals surface area contributed by atoms with Crippen LogP contribution in [0.25, 0.3) is 0 Å². The predicted molar refractivity (Wildman–Crippen MR) is 110 cm³/mol. The minimum atomic E-state index is -0.147. The Morgan fingerprint density at radius 2 is 1.79 bits per heavy atom. The van der Waals surface area contributed by atoms with Crippen LogP contribution in [0, 0.1) is 5.92 Å². The van der Waals surface area contributed by atoms with E-state index in [4.69, 9.17) is 9.47 Å². The van der Waals surface area contributed by atoms with Crippen molar-refractivity contribution in [1.82, 2.24) is 4.90 Å². The highest BCUT2D eigenvalue weighted by Crippen LogP contribution is 2.32. The van der Waals surface area contributed by atoms with Crippen molar-refractivity contribution in [2.45, 2.75) is 32.2 Å². The standard InChI is InChI=1S/C23H28N2O3/c1-17(23(26)24-20-7-8-21-22(16-20)28-14-13-27-21)25-11-9-19(10-12-25)15-18-5-3-2-4-6-18/h2-8,16-17,19H,9-15H2,1H3,(H,24,26)/t17-/m1/s1. The molecule has 2 aliphatic rings. The zero-order chi connectivity index (χ0) is 19.3. The van der Waals surface area contributed by atoms with Gasteiger partial charge in [-0.2, -0.15) is 0 Å². The molecule has 4 rings (SSSR count). The molecular weight excluding hydrogens is 352 g/mol. The lowest BCUT2D eigenvalue weighted by molar-refractivity contribution is -0.121. The van der Waals surface area contributed by atoms with Crippen LogP contribution >= 0.6 is 0 Å². The molecule has 148 valence electrons. The Balaban J connectivity index is 1.29. The van der Waals surface area contributed by atoms with Gasteiger partial charge in [0.15, 0.2) is 11.5 Å². The molecule has 5 heteroatoms. The summed E-state index contributed by atoms with van der Waals surface area (Å²) in [6.45, 7) is 5.03. The van der Waals surface area contributed by atoms with Crippen LogP contribution in [0.3, 0.4) is 0 Å². The van der Waals surface area contributed by atoms with Crippen molar-refractivity contribution in [3.63, 3.8) is 0 Å². The first-order chi connectivity index (χ1) is 13.7. The van der Waals surface area contributed by atoms with Gasteiger partial charge < -0.3 is 14.8 Å². The van der Waals surface area contributed by atoms with Crippen LogP contribution in [0.1, 0.15) is 25.3 Å². The smallest absolute Gasteiger partial charge is 0.241 e. The molecule has 2 aromatic carbocycles. The van der Waals surface area contributed by atoms with Gasteiger partial charge in [0.25, 0.3) is 0 Å². The zero-order valence-electron chi connectivity index (χ0n) is 16.4. The Morgan fingerprint density at radius 3 is 2.54 bits per heavy atom. The number of carbonyl (C=O) groups is 1. The third-order valence-corrected chi connectivity index (χ3v) is 5.75. The molecule has 1 saturated heterocycles. The SMILES string of the molecule is C[C@H](C(=O)Nc1ccc2c(c1)OCCO2)N1CCC(Cc2ccccc2)CC1. The van der Waals surface area contributed by atoms with Gasteiger partial charge in [-0.25, -0.2) is 0 Å². The highest BCUT2D eigenvalue weighted by Gasteiger charge is 2.27. The topological polar surface area (TPSA) is 50.8 Å². The molecule has 0 aromatic heterocycles. The van der Waals surface area contributed by atoms with Crippen molar-refractivity contribution >= 4 is 11.6 Å². The van der Waals surface area contributed by atoms with Crippen molar-refractivity contribution in [2.24, 2.45) is 5.92 Å². The summed E-state index contributed by atoms with van der Waals surface area (Å²) in [6, 6.07) is 16.1. The summed E-state index contributed by atoms with van der Waals surface area (Å²) >= 11 is 0. The fraction of sp³-hybridized carbons (Fsp3) is 0.435. The van der Waals surface area contributed by atoms with Crippen LogP contribution in [0.4, 0.5) is 5.69 Å². The summed E-state index contributed by atoms with van der Waals surface area (Å²) in [6.07, 6.45) is 3.40. The van der Waals surface area contributed by atoms with E-state index in [1.54, 1.807) is 0 Å². The normalized spacial score (nSPS) is 18.5. The first-order valence-electron chi connectivity index (χ1n) is 10.2. The fourth-order valence-electron chi connectivity index (χ4n) is 4.03. The first-order valence-corrected chi connectivity index (χ1v) is 10.2. The Kier molecular flexibility index (Phi) is 5.81. The van der Waals surface area contributed by atoms with Crippen molar-refractivity contribution < 1.29 is 14.3 Å². The molecule has 1 amide bonds. The van der Waals surface area contributed by atoms with Crippen molar-refractivity contribution in [1.29, 1.82) is 0 Å². The molecule has 1 N–H and O–H groups in total. The van der Waals surface area contributed by atoms with Crippen LogP contribution in [0.15, 0.2) is 48.5 Å². The van der Waals surface area contributed by atoms with E-state index < -0.39 is 0 Å². The second-order valence-electron chi connectivity index (χ2n) is 7.69. The quantitative estimate of drug-likeness (QED) is 0.859. The maximum Gasteiger partial charge on any atom is 0.241 e. The van der Waals surface area contributed by atoms with Gasteiger partial charge in [-0.3, -0.25) is 9.69 Å². The van der Waals surface area contributed by atoms with Crippen molar-refractivity contribution in [2.75, 3.05) is 31.6 Å². The lowest BCUT2D eigenvalue weighted by Gasteiger charge is -2.35. The zero-order valence-corrected chi connectivity index (χ0v) is 16.4. The van der Waals surface area contributed by atoms with Crippen LogP contribution < -0.4 is 14.8 Å². The number of carbonyl (C=O) groups excluding carboxylic acids is 1. The van der Waals surface area contributed by atoms with Crippen molar-refractivity contribution in [3.05, 3.63) is 54.1 Å². The largest absolute Gasteiger partial charge is 0.486 e. The molecule has 5 nitrogen and oxygen atoms in total. The number of hydrogen-bond acceptors (Lipinski definition) is 4. The van der Waals surface area contributed by atoms with E-state index in [0.29, 0.717) is 24.9 Å². The number of fused-ring (bicyclic) bond motifs is 1. The van der Waals surface area contributed by atoms with Crippen molar-refractivity contribution in [3.8, 4) is 11.5 Å². The number of hydrogen-bond donors (Lipinski definition) is 1. The number of nitrogens with zero attached hydrogens (tertiary/aromatic N) is 1. The van der Waals surface area contributed by atoms with E-state index in [1.807, 2.05) is 25.1 Å². The second-order valence-corrected chi connectivity index (χ2v) is 7.69. The van der Waals surface area contributed by atoms with Gasteiger partial charge in [-0.05, 0) is 62.9 Å². The third kappa shape index (κ3) is 4.47. The molecule has 1 atom stereocenters.